The molecular formula is C21H21ClF2N6O3. The van der Waals surface area contributed by atoms with E-state index in [-0.39, 0.29) is 29.9 Å². The molecule has 2 N–H and O–H groups in total. The van der Waals surface area contributed by atoms with Crippen LogP contribution < -0.4 is 15.8 Å². The van der Waals surface area contributed by atoms with Crippen LogP contribution in [0.3, 0.4) is 0 Å². The molecule has 33 heavy (non-hydrogen) atoms. The Labute approximate surface area is 192 Å². The Bertz CT molecular complexity index is 1270. The van der Waals surface area contributed by atoms with Gasteiger partial charge in [0.25, 0.3) is 5.56 Å². The maximum atomic E-state index is 13.3. The number of fused-ring (bicyclic) bond motifs is 1. The average molecular weight is 479 g/mol. The molecule has 2 aromatic heterocycles. The van der Waals surface area contributed by atoms with Gasteiger partial charge >= 0.3 is 6.09 Å². The zero-order valence-electron chi connectivity index (χ0n) is 18.0. The molecule has 12 heteroatoms. The number of carbonyl (C=O) groups excluding carboxylic acids is 1. The fourth-order valence-corrected chi connectivity index (χ4v) is 3.83. The number of halogens is 3. The number of pyridine rings is 1. The van der Waals surface area contributed by atoms with E-state index in [9.17, 15) is 18.4 Å². The number of rotatable bonds is 6. The zero-order valence-corrected chi connectivity index (χ0v) is 18.7. The van der Waals surface area contributed by atoms with E-state index >= 15 is 0 Å². The van der Waals surface area contributed by atoms with Crippen molar-refractivity contribution in [1.29, 1.82) is 0 Å². The first-order valence-corrected chi connectivity index (χ1v) is 10.6. The average Bonchev–Trinajstić information content (AvgIpc) is 3.13. The van der Waals surface area contributed by atoms with Crippen molar-refractivity contribution in [2.75, 3.05) is 16.8 Å². The molecule has 0 radical (unpaired) electrons. The first-order chi connectivity index (χ1) is 15.6. The lowest BCUT2D eigenvalue weighted by atomic mass is 10.0. The summed E-state index contributed by atoms with van der Waals surface area (Å²) in [5, 5.41) is 4.31. The molecule has 0 saturated carbocycles. The largest absolute Gasteiger partial charge is 0.447 e. The van der Waals surface area contributed by atoms with Crippen LogP contribution in [0.25, 0.3) is 10.9 Å². The number of H-pyrrole nitrogens is 1. The van der Waals surface area contributed by atoms with Gasteiger partial charge < -0.3 is 15.0 Å². The second-order valence-corrected chi connectivity index (χ2v) is 8.30. The number of aromatic nitrogens is 4. The molecule has 1 fully saturated rings. The standard InChI is InChI=1S/C21H21ClF2N6O3/c1-9(17(23)24)16-8-33-21(32)30(16)20-27-11(3)26-19(29-20)25-10(2)14-7-12-6-13(22)4-5-15(12)28-18(14)31/h4-7,9-10,16-17H,8H2,1-3H3,(H,28,31)(H,25,26,27,29)/t9-,10-,16-/m0/s1. The molecule has 174 valence electrons. The van der Waals surface area contributed by atoms with Crippen molar-refractivity contribution in [3.05, 3.63) is 51.0 Å². The second kappa shape index (κ2) is 8.89. The monoisotopic (exact) mass is 478 g/mol. The first-order valence-electron chi connectivity index (χ1n) is 10.2. The Morgan fingerprint density at radius 1 is 1.21 bits per heavy atom. The van der Waals surface area contributed by atoms with Gasteiger partial charge in [-0.1, -0.05) is 18.5 Å². The van der Waals surface area contributed by atoms with Crippen LogP contribution in [-0.4, -0.2) is 45.1 Å². The lowest BCUT2D eigenvalue weighted by Crippen LogP contribution is -2.42. The van der Waals surface area contributed by atoms with Gasteiger partial charge in [0.2, 0.25) is 18.3 Å². The molecular weight excluding hydrogens is 458 g/mol. The number of aryl methyl sites for hydroxylation is 1. The van der Waals surface area contributed by atoms with E-state index in [2.05, 4.69) is 25.3 Å². The molecule has 9 nitrogen and oxygen atoms in total. The van der Waals surface area contributed by atoms with Crippen LogP contribution in [0.1, 0.15) is 31.3 Å². The Morgan fingerprint density at radius 3 is 2.70 bits per heavy atom. The summed E-state index contributed by atoms with van der Waals surface area (Å²) in [5.74, 6) is -0.904. The molecule has 0 unspecified atom stereocenters. The van der Waals surface area contributed by atoms with Gasteiger partial charge in [0.15, 0.2) is 0 Å². The molecule has 3 aromatic rings. The minimum absolute atomic E-state index is 0.0822. The third-order valence-corrected chi connectivity index (χ3v) is 5.74. The molecule has 0 spiro atoms. The van der Waals surface area contributed by atoms with E-state index in [1.807, 2.05) is 0 Å². The van der Waals surface area contributed by atoms with Crippen molar-refractivity contribution in [3.63, 3.8) is 0 Å². The third kappa shape index (κ3) is 4.58. The fourth-order valence-electron chi connectivity index (χ4n) is 3.65. The number of benzene rings is 1. The highest BCUT2D eigenvalue weighted by Gasteiger charge is 2.42. The number of amides is 1. The van der Waals surface area contributed by atoms with Crippen LogP contribution in [-0.2, 0) is 4.74 Å². The summed E-state index contributed by atoms with van der Waals surface area (Å²) in [5.41, 5.74) is 0.754. The van der Waals surface area contributed by atoms with Crippen molar-refractivity contribution in [3.8, 4) is 0 Å². The van der Waals surface area contributed by atoms with Crippen LogP contribution >= 0.6 is 11.6 Å². The van der Waals surface area contributed by atoms with Crippen molar-refractivity contribution in [2.24, 2.45) is 5.92 Å². The number of ether oxygens (including phenoxy) is 1. The van der Waals surface area contributed by atoms with E-state index in [0.717, 1.165) is 10.3 Å². The van der Waals surface area contributed by atoms with Crippen LogP contribution in [0, 0.1) is 12.8 Å². The van der Waals surface area contributed by atoms with Gasteiger partial charge in [-0.15, -0.1) is 0 Å². The summed E-state index contributed by atoms with van der Waals surface area (Å²) in [6.45, 7) is 4.46. The van der Waals surface area contributed by atoms with E-state index < -0.39 is 30.5 Å². The molecule has 0 aliphatic carbocycles. The SMILES string of the molecule is Cc1nc(N[C@@H](C)c2cc3cc(Cl)ccc3[nH]c2=O)nc(N2C(=O)OC[C@H]2[C@H](C)C(F)F)n1. The lowest BCUT2D eigenvalue weighted by molar-refractivity contribution is 0.0684. The molecule has 1 aromatic carbocycles. The highest BCUT2D eigenvalue weighted by Crippen LogP contribution is 2.29. The number of cyclic esters (lactones) is 1. The van der Waals surface area contributed by atoms with Crippen molar-refractivity contribution < 1.29 is 18.3 Å². The number of aromatic amines is 1. The Morgan fingerprint density at radius 2 is 1.97 bits per heavy atom. The number of carbonyl (C=O) groups is 1. The van der Waals surface area contributed by atoms with Crippen LogP contribution in [0.15, 0.2) is 29.1 Å². The van der Waals surface area contributed by atoms with Crippen LogP contribution in [0.2, 0.25) is 5.02 Å². The van der Waals surface area contributed by atoms with Crippen molar-refractivity contribution in [1.82, 2.24) is 19.9 Å². The van der Waals surface area contributed by atoms with Crippen molar-refractivity contribution >= 4 is 40.5 Å². The molecule has 1 amide bonds. The molecule has 3 atom stereocenters. The first kappa shape index (κ1) is 22.8. The van der Waals surface area contributed by atoms with Crippen LogP contribution in [0.5, 0.6) is 0 Å². The van der Waals surface area contributed by atoms with E-state index in [1.165, 1.54) is 6.92 Å². The smallest absolute Gasteiger partial charge is 0.417 e. The molecule has 3 heterocycles. The summed E-state index contributed by atoms with van der Waals surface area (Å²) in [6, 6.07) is 5.39. The number of nitrogens with one attached hydrogen (secondary N) is 2. The number of anilines is 2. The van der Waals surface area contributed by atoms with E-state index in [1.54, 1.807) is 38.1 Å². The highest BCUT2D eigenvalue weighted by molar-refractivity contribution is 6.31. The predicted octanol–water partition coefficient (Wildman–Crippen LogP) is 4.07. The maximum Gasteiger partial charge on any atom is 0.417 e. The minimum Gasteiger partial charge on any atom is -0.447 e. The normalized spacial score (nSPS) is 18.0. The number of alkyl halides is 2. The van der Waals surface area contributed by atoms with E-state index in [0.29, 0.717) is 16.1 Å². The second-order valence-electron chi connectivity index (χ2n) is 7.87. The lowest BCUT2D eigenvalue weighted by Gasteiger charge is -2.25. The summed E-state index contributed by atoms with van der Waals surface area (Å²) >= 11 is 6.06. The number of hydrogen-bond acceptors (Lipinski definition) is 7. The topological polar surface area (TPSA) is 113 Å². The predicted molar refractivity (Wildman–Crippen MR) is 119 cm³/mol. The van der Waals surface area contributed by atoms with Gasteiger partial charge in [-0.05, 0) is 38.1 Å². The quantitative estimate of drug-likeness (QED) is 0.549. The molecule has 1 aliphatic heterocycles. The molecule has 1 saturated heterocycles. The molecule has 1 aliphatic rings. The van der Waals surface area contributed by atoms with Gasteiger partial charge in [0.05, 0.1) is 12.1 Å². The fraction of sp³-hybridized carbons (Fsp3) is 0.381. The van der Waals surface area contributed by atoms with Crippen LogP contribution in [0.4, 0.5) is 25.5 Å². The summed E-state index contributed by atoms with van der Waals surface area (Å²) in [6.07, 6.45) is -3.46. The number of hydrogen-bond donors (Lipinski definition) is 2. The number of nitrogens with zero attached hydrogens (tertiary/aromatic N) is 4. The Kier molecular flexibility index (Phi) is 6.15. The molecule has 0 bridgehead atoms. The highest BCUT2D eigenvalue weighted by atomic mass is 35.5. The van der Waals surface area contributed by atoms with Gasteiger partial charge in [0.1, 0.15) is 12.4 Å². The Hall–Kier alpha value is -3.34. The summed E-state index contributed by atoms with van der Waals surface area (Å²) in [7, 11) is 0. The summed E-state index contributed by atoms with van der Waals surface area (Å²) in [4.78, 5) is 41.3. The van der Waals surface area contributed by atoms with Crippen molar-refractivity contribution in [2.45, 2.75) is 39.3 Å². The van der Waals surface area contributed by atoms with Gasteiger partial charge in [-0.2, -0.15) is 15.0 Å². The third-order valence-electron chi connectivity index (χ3n) is 5.51. The van der Waals surface area contributed by atoms with Gasteiger partial charge in [-0.25, -0.2) is 18.5 Å². The zero-order chi connectivity index (χ0) is 23.9. The Balaban J connectivity index is 1.65. The van der Waals surface area contributed by atoms with Gasteiger partial charge in [0, 0.05) is 27.4 Å². The molecule has 4 rings (SSSR count). The van der Waals surface area contributed by atoms with E-state index in [4.69, 9.17) is 16.3 Å². The van der Waals surface area contributed by atoms with Gasteiger partial charge in [-0.3, -0.25) is 4.79 Å². The minimum atomic E-state index is -2.65. The maximum absolute atomic E-state index is 13.3. The summed E-state index contributed by atoms with van der Waals surface area (Å²) < 4.78 is 31.6.